The van der Waals surface area contributed by atoms with E-state index >= 15 is 0 Å². The fourth-order valence-electron chi connectivity index (χ4n) is 8.79. The average Bonchev–Trinajstić information content (AvgIpc) is 3.39. The summed E-state index contributed by atoms with van der Waals surface area (Å²) in [4.78, 5) is 48.5. The summed E-state index contributed by atoms with van der Waals surface area (Å²) in [6.07, 6.45) is 59.6. The van der Waals surface area contributed by atoms with Crippen molar-refractivity contribution in [3.05, 3.63) is 36.5 Å². The van der Waals surface area contributed by atoms with Gasteiger partial charge in [-0.3, -0.25) is 23.4 Å². The third-order valence-electron chi connectivity index (χ3n) is 13.5. The summed E-state index contributed by atoms with van der Waals surface area (Å²) in [5, 5.41) is 9.83. The van der Waals surface area contributed by atoms with Crippen LogP contribution in [0.3, 0.4) is 0 Å². The molecule has 3 atom stereocenters. The lowest BCUT2D eigenvalue weighted by Gasteiger charge is -2.21. The minimum Gasteiger partial charge on any atom is -0.462 e. The largest absolute Gasteiger partial charge is 0.472 e. The maximum absolute atomic E-state index is 12.9. The average molecular weight is 1070 g/mol. The van der Waals surface area contributed by atoms with Crippen molar-refractivity contribution in [2.24, 2.45) is 0 Å². The molecular formula is C62H115O11P. The number of hydrogen-bond acceptors (Lipinski definition) is 10. The molecule has 2 N–H and O–H groups in total. The van der Waals surface area contributed by atoms with Gasteiger partial charge in [-0.05, 0) is 77.0 Å². The Balaban J connectivity index is 4.55. The third-order valence-corrected chi connectivity index (χ3v) is 14.5. The van der Waals surface area contributed by atoms with Gasteiger partial charge in [-0.1, -0.05) is 243 Å². The zero-order valence-corrected chi connectivity index (χ0v) is 49.0. The number of phosphoric acid groups is 1. The van der Waals surface area contributed by atoms with Crippen LogP contribution < -0.4 is 0 Å². The number of carbonyl (C=O) groups is 3. The van der Waals surface area contributed by atoms with Gasteiger partial charge in [0.2, 0.25) is 0 Å². The fourth-order valence-corrected chi connectivity index (χ4v) is 9.58. The van der Waals surface area contributed by atoms with E-state index in [4.69, 9.17) is 23.3 Å². The van der Waals surface area contributed by atoms with E-state index in [2.05, 4.69) is 57.2 Å². The molecule has 0 aromatic rings. The quantitative estimate of drug-likeness (QED) is 0.0197. The lowest BCUT2D eigenvalue weighted by atomic mass is 10.1. The van der Waals surface area contributed by atoms with Gasteiger partial charge in [-0.15, -0.1) is 0 Å². The molecule has 0 saturated heterocycles. The lowest BCUT2D eigenvalue weighted by molar-refractivity contribution is -0.161. The number of esters is 3. The molecule has 0 radical (unpaired) electrons. The van der Waals surface area contributed by atoms with E-state index in [0.717, 1.165) is 70.6 Å². The zero-order valence-electron chi connectivity index (χ0n) is 48.1. The number of ether oxygens (including phenoxy) is 3. The van der Waals surface area contributed by atoms with Crippen LogP contribution in [0.15, 0.2) is 36.5 Å². The topological polar surface area (TPSA) is 155 Å². The second-order valence-electron chi connectivity index (χ2n) is 20.9. The predicted octanol–water partition coefficient (Wildman–Crippen LogP) is 18.4. The molecule has 0 fully saturated rings. The van der Waals surface area contributed by atoms with Crippen molar-refractivity contribution in [2.75, 3.05) is 26.4 Å². The summed E-state index contributed by atoms with van der Waals surface area (Å²) in [5.41, 5.74) is 0. The number of aliphatic hydroxyl groups is 1. The van der Waals surface area contributed by atoms with E-state index in [1.807, 2.05) is 0 Å². The second-order valence-corrected chi connectivity index (χ2v) is 22.3. The monoisotopic (exact) mass is 1070 g/mol. The van der Waals surface area contributed by atoms with Gasteiger partial charge in [0.1, 0.15) is 12.7 Å². The van der Waals surface area contributed by atoms with Crippen LogP contribution in [-0.2, 0) is 42.2 Å². The number of carbonyl (C=O) groups excluding carboxylic acids is 3. The normalized spacial score (nSPS) is 13.5. The number of rotatable bonds is 58. The molecule has 12 heteroatoms. The molecule has 0 rings (SSSR count). The van der Waals surface area contributed by atoms with Gasteiger partial charge in [0.05, 0.1) is 19.8 Å². The third kappa shape index (κ3) is 54.5. The molecule has 0 heterocycles. The van der Waals surface area contributed by atoms with E-state index in [-0.39, 0.29) is 25.9 Å². The SMILES string of the molecule is CCCCC/C=C\C/C=C\CCCCCCCCCCCC(=O)OC(COC(=O)CCCCCCCCCCC)COP(=O)(O)OCC(CO)OC(=O)CCCCCCCCCCC/C=C\CCCCCCCC. The van der Waals surface area contributed by atoms with Crippen LogP contribution in [-0.4, -0.2) is 66.5 Å². The Labute approximate surface area is 454 Å². The first-order chi connectivity index (χ1) is 36.2. The smallest absolute Gasteiger partial charge is 0.462 e. The van der Waals surface area contributed by atoms with Gasteiger partial charge in [-0.2, -0.15) is 0 Å². The summed E-state index contributed by atoms with van der Waals surface area (Å²) in [7, 11) is -4.74. The van der Waals surface area contributed by atoms with Gasteiger partial charge < -0.3 is 24.2 Å². The molecule has 0 amide bonds. The predicted molar refractivity (Wildman–Crippen MR) is 307 cm³/mol. The maximum Gasteiger partial charge on any atom is 0.472 e. The van der Waals surface area contributed by atoms with E-state index in [9.17, 15) is 28.9 Å². The Morgan fingerprint density at radius 1 is 0.378 bits per heavy atom. The van der Waals surface area contributed by atoms with E-state index in [0.29, 0.717) is 19.3 Å². The maximum atomic E-state index is 12.9. The van der Waals surface area contributed by atoms with Crippen LogP contribution in [0.5, 0.6) is 0 Å². The first-order valence-electron chi connectivity index (χ1n) is 30.9. The highest BCUT2D eigenvalue weighted by atomic mass is 31.2. The summed E-state index contributed by atoms with van der Waals surface area (Å²) >= 11 is 0. The summed E-state index contributed by atoms with van der Waals surface area (Å²) in [6.45, 7) is 4.64. The fraction of sp³-hybridized carbons (Fsp3) is 0.855. The van der Waals surface area contributed by atoms with Gasteiger partial charge in [0.15, 0.2) is 6.10 Å². The highest BCUT2D eigenvalue weighted by Gasteiger charge is 2.28. The van der Waals surface area contributed by atoms with Crippen LogP contribution in [0.25, 0.3) is 0 Å². The van der Waals surface area contributed by atoms with E-state index in [1.54, 1.807) is 0 Å². The first-order valence-corrected chi connectivity index (χ1v) is 32.4. The lowest BCUT2D eigenvalue weighted by Crippen LogP contribution is -2.30. The molecular weight excluding hydrogens is 952 g/mol. The van der Waals surface area contributed by atoms with Crippen molar-refractivity contribution in [3.63, 3.8) is 0 Å². The molecule has 0 saturated carbocycles. The van der Waals surface area contributed by atoms with Gasteiger partial charge in [0.25, 0.3) is 0 Å². The molecule has 0 aromatic carbocycles. The Morgan fingerprint density at radius 2 is 0.662 bits per heavy atom. The molecule has 0 aromatic heterocycles. The van der Waals surface area contributed by atoms with E-state index in [1.165, 1.54) is 173 Å². The van der Waals surface area contributed by atoms with Gasteiger partial charge in [-0.25, -0.2) is 4.57 Å². The van der Waals surface area contributed by atoms with Crippen molar-refractivity contribution >= 4 is 25.7 Å². The molecule has 0 aliphatic rings. The molecule has 74 heavy (non-hydrogen) atoms. The summed E-state index contributed by atoms with van der Waals surface area (Å²) < 4.78 is 39.5. The molecule has 0 spiro atoms. The van der Waals surface area contributed by atoms with Crippen molar-refractivity contribution in [1.29, 1.82) is 0 Å². The van der Waals surface area contributed by atoms with Crippen LogP contribution in [0, 0.1) is 0 Å². The molecule has 0 aliphatic heterocycles. The summed E-state index contributed by atoms with van der Waals surface area (Å²) in [5.74, 6) is -1.45. The summed E-state index contributed by atoms with van der Waals surface area (Å²) in [6, 6.07) is 0. The zero-order chi connectivity index (χ0) is 54.1. The molecule has 3 unspecified atom stereocenters. The second kappa shape index (κ2) is 56.9. The Morgan fingerprint density at radius 3 is 1.04 bits per heavy atom. The number of allylic oxidation sites excluding steroid dienone is 6. The van der Waals surface area contributed by atoms with Gasteiger partial charge in [0, 0.05) is 19.3 Å². The standard InChI is InChI=1S/C62H115O11P/c1-4-7-10-13-16-19-21-23-25-27-29-31-33-35-37-40-43-46-49-52-61(65)72-58(54-63)56-70-74(67,68)71-57-59(55-69-60(64)51-48-45-42-39-18-15-12-9-6-3)73-62(66)53-50-47-44-41-38-36-34-32-30-28-26-24-22-20-17-14-11-8-5-2/h17,20,23-26,58-59,63H,4-16,18-19,21-22,27-57H2,1-3H3,(H,67,68)/b20-17-,25-23-,26-24-. The Bertz CT molecular complexity index is 1380. The number of phosphoric ester groups is 1. The van der Waals surface area contributed by atoms with Crippen molar-refractivity contribution in [3.8, 4) is 0 Å². The molecule has 0 bridgehead atoms. The highest BCUT2D eigenvalue weighted by Crippen LogP contribution is 2.43. The molecule has 0 aliphatic carbocycles. The van der Waals surface area contributed by atoms with Crippen LogP contribution in [0.1, 0.15) is 303 Å². The minimum atomic E-state index is -4.74. The van der Waals surface area contributed by atoms with Crippen LogP contribution in [0.2, 0.25) is 0 Å². The van der Waals surface area contributed by atoms with Crippen LogP contribution >= 0.6 is 7.82 Å². The molecule has 434 valence electrons. The van der Waals surface area contributed by atoms with Gasteiger partial charge >= 0.3 is 25.7 Å². The van der Waals surface area contributed by atoms with Crippen LogP contribution in [0.4, 0.5) is 0 Å². The Kier molecular flexibility index (Phi) is 55.1. The number of hydrogen-bond donors (Lipinski definition) is 2. The molecule has 11 nitrogen and oxygen atoms in total. The Hall–Kier alpha value is -2.30. The number of aliphatic hydroxyl groups excluding tert-OH is 1. The van der Waals surface area contributed by atoms with Crippen molar-refractivity contribution < 1.29 is 52.2 Å². The van der Waals surface area contributed by atoms with E-state index < -0.39 is 57.8 Å². The minimum absolute atomic E-state index is 0.166. The number of unbranched alkanes of at least 4 members (excludes halogenated alkanes) is 35. The van der Waals surface area contributed by atoms with Crippen molar-refractivity contribution in [1.82, 2.24) is 0 Å². The van der Waals surface area contributed by atoms with Crippen molar-refractivity contribution in [2.45, 2.75) is 315 Å². The first kappa shape index (κ1) is 71.7. The highest BCUT2D eigenvalue weighted by molar-refractivity contribution is 7.47.